The lowest BCUT2D eigenvalue weighted by molar-refractivity contribution is -0.386. The number of aliphatic hydroxyl groups is 11. The molecule has 0 radical (unpaired) electrons. The van der Waals surface area contributed by atoms with E-state index < -0.39 is 193 Å². The van der Waals surface area contributed by atoms with Crippen molar-refractivity contribution >= 4 is 17.9 Å². The highest BCUT2D eigenvalue weighted by Crippen LogP contribution is 2.76. The Morgan fingerprint density at radius 3 is 1.73 bits per heavy atom. The highest BCUT2D eigenvalue weighted by atomic mass is 16.8. The lowest BCUT2D eigenvalue weighted by atomic mass is 9.32. The molecule has 3 saturated heterocycles. The van der Waals surface area contributed by atoms with Crippen LogP contribution in [0.3, 0.4) is 0 Å². The third kappa shape index (κ3) is 10.1. The topological polar surface area (TPSA) is 357 Å². The van der Waals surface area contributed by atoms with E-state index in [4.69, 9.17) is 42.6 Å². The maximum Gasteiger partial charge on any atom is 0.337 e. The van der Waals surface area contributed by atoms with E-state index in [1.807, 2.05) is 34.6 Å². The van der Waals surface area contributed by atoms with Gasteiger partial charge >= 0.3 is 17.9 Å². The van der Waals surface area contributed by atoms with E-state index in [0.29, 0.717) is 44.1 Å². The van der Waals surface area contributed by atoms with Gasteiger partial charge in [-0.1, -0.05) is 72.3 Å². The molecule has 460 valence electrons. The number of carbonyl (C=O) groups is 3. The first-order valence-electron chi connectivity index (χ1n) is 28.5. The van der Waals surface area contributed by atoms with Gasteiger partial charge in [-0.05, 0) is 100 Å². The van der Waals surface area contributed by atoms with Crippen LogP contribution >= 0.6 is 0 Å². The second kappa shape index (κ2) is 23.3. The largest absolute Gasteiger partial charge is 0.467 e. The highest BCUT2D eigenvalue weighted by molar-refractivity contribution is 5.89. The van der Waals surface area contributed by atoms with E-state index in [9.17, 15) is 70.6 Å². The Kier molecular flexibility index (Phi) is 18.4. The van der Waals surface area contributed by atoms with Crippen LogP contribution in [0.4, 0.5) is 0 Å². The Morgan fingerprint density at radius 2 is 1.19 bits per heavy atom. The van der Waals surface area contributed by atoms with Crippen LogP contribution in [0.15, 0.2) is 34.9 Å². The zero-order valence-electron chi connectivity index (χ0n) is 48.6. The van der Waals surface area contributed by atoms with Crippen molar-refractivity contribution in [3.63, 3.8) is 0 Å². The summed E-state index contributed by atoms with van der Waals surface area (Å²) in [6.07, 6.45) is -22.9. The van der Waals surface area contributed by atoms with Crippen molar-refractivity contribution in [2.75, 3.05) is 26.9 Å². The molecule has 0 amide bonds. The molecule has 4 saturated carbocycles. The van der Waals surface area contributed by atoms with Gasteiger partial charge < -0.3 is 98.8 Å². The first-order chi connectivity index (χ1) is 37.9. The molecule has 0 aromatic rings. The fourth-order valence-corrected chi connectivity index (χ4v) is 16.3. The van der Waals surface area contributed by atoms with Crippen LogP contribution in [0, 0.1) is 50.2 Å². The van der Waals surface area contributed by atoms with Crippen LogP contribution in [0.25, 0.3) is 0 Å². The minimum atomic E-state index is -2.00. The minimum Gasteiger partial charge on any atom is -0.467 e. The summed E-state index contributed by atoms with van der Waals surface area (Å²) in [6.45, 7) is 18.6. The Bertz CT molecular complexity index is 2410. The predicted molar refractivity (Wildman–Crippen MR) is 281 cm³/mol. The Balaban J connectivity index is 1.15. The SMILES string of the molecule is CC=C(C)C(=O)OC1C(OC(=O)C(C)=CC)C2(CO)C(CC1(C)C)C1=CCC3C4(C)CCC(OC5OC(C(=O)OC)C(O)C(OC6OC(CO)C(O)C6O)C5OC5OC(CO)C(O)C(O)C5O)C(C)(C)C4CCC3(C)C1(C)C(O)C2O. The van der Waals surface area contributed by atoms with Crippen molar-refractivity contribution in [1.82, 2.24) is 0 Å². The van der Waals surface area contributed by atoms with E-state index in [0.717, 1.165) is 12.7 Å². The summed E-state index contributed by atoms with van der Waals surface area (Å²) in [5.41, 5.74) is -4.30. The van der Waals surface area contributed by atoms with Gasteiger partial charge in [-0.3, -0.25) is 0 Å². The monoisotopic (exact) mass is 1150 g/mol. The van der Waals surface area contributed by atoms with Crippen LogP contribution in [0.2, 0.25) is 0 Å². The molecule has 11 N–H and O–H groups in total. The maximum atomic E-state index is 13.9. The molecule has 0 spiro atoms. The smallest absolute Gasteiger partial charge is 0.337 e. The van der Waals surface area contributed by atoms with E-state index >= 15 is 0 Å². The first kappa shape index (κ1) is 64.0. The van der Waals surface area contributed by atoms with Gasteiger partial charge in [0.2, 0.25) is 0 Å². The number of fused-ring (bicyclic) bond motifs is 7. The molecular formula is C58H90O23. The van der Waals surface area contributed by atoms with Crippen LogP contribution in [0.5, 0.6) is 0 Å². The fourth-order valence-electron chi connectivity index (χ4n) is 16.3. The molecule has 8 aliphatic rings. The second-order valence-electron chi connectivity index (χ2n) is 26.2. The zero-order chi connectivity index (χ0) is 60.0. The number of rotatable bonds is 14. The standard InChI is InChI=1S/C58H90O23/c1-13-25(3)47(70)80-45-46(81-48(71)26(4)14-2)58(24-61)28(21-53(45,5)6)27-15-16-32-55(9)19-18-33(54(7,8)31(55)17-20-56(32,10)57(27,11)43(68)44(58)69)76-52-42(79-51-38(66)36(64)34(62)29(22-59)74-51)40(39(67)41(78-52)49(72)73-12)77-50-37(65)35(63)30(23-60)75-50/h13-15,28-46,50-52,59-69H,16-24H2,1-12H3. The molecular weight excluding hydrogens is 1060 g/mol. The van der Waals surface area contributed by atoms with Crippen LogP contribution in [0.1, 0.15) is 115 Å². The molecule has 81 heavy (non-hydrogen) atoms. The van der Waals surface area contributed by atoms with Crippen molar-refractivity contribution in [3.05, 3.63) is 34.9 Å². The zero-order valence-corrected chi connectivity index (χ0v) is 48.6. The Hall–Kier alpha value is -3.05. The summed E-state index contributed by atoms with van der Waals surface area (Å²) in [7, 11) is 1.06. The molecule has 3 heterocycles. The van der Waals surface area contributed by atoms with Crippen molar-refractivity contribution in [3.8, 4) is 0 Å². The van der Waals surface area contributed by atoms with Gasteiger partial charge in [0.1, 0.15) is 67.1 Å². The van der Waals surface area contributed by atoms with Crippen LogP contribution in [-0.4, -0.2) is 218 Å². The summed E-state index contributed by atoms with van der Waals surface area (Å²) in [5.74, 6) is -3.37. The summed E-state index contributed by atoms with van der Waals surface area (Å²) in [5, 5.41) is 124. The Morgan fingerprint density at radius 1 is 0.642 bits per heavy atom. The number of carbonyl (C=O) groups excluding carboxylic acids is 3. The number of allylic oxidation sites excluding steroid dienone is 3. The molecule has 0 aromatic carbocycles. The summed E-state index contributed by atoms with van der Waals surface area (Å²) < 4.78 is 54.7. The van der Waals surface area contributed by atoms with Gasteiger partial charge in [0, 0.05) is 22.0 Å². The minimum absolute atomic E-state index is 0.132. The van der Waals surface area contributed by atoms with E-state index in [1.165, 1.54) is 0 Å². The lowest BCUT2D eigenvalue weighted by Gasteiger charge is -2.73. The van der Waals surface area contributed by atoms with Crippen molar-refractivity contribution in [2.24, 2.45) is 50.2 Å². The van der Waals surface area contributed by atoms with Gasteiger partial charge in [0.25, 0.3) is 0 Å². The van der Waals surface area contributed by atoms with Crippen molar-refractivity contribution in [2.45, 2.75) is 231 Å². The quantitative estimate of drug-likeness (QED) is 0.0367. The fraction of sp³-hybridized carbons (Fsp3) is 0.845. The third-order valence-electron chi connectivity index (χ3n) is 21.5. The van der Waals surface area contributed by atoms with E-state index in [1.54, 1.807) is 39.8 Å². The molecule has 26 atom stereocenters. The van der Waals surface area contributed by atoms with Crippen LogP contribution in [-0.2, 0) is 57.0 Å². The molecule has 8 rings (SSSR count). The molecule has 3 aliphatic heterocycles. The number of esters is 3. The van der Waals surface area contributed by atoms with E-state index in [-0.39, 0.29) is 17.4 Å². The second-order valence-corrected chi connectivity index (χ2v) is 26.2. The number of methoxy groups -OCH3 is 1. The predicted octanol–water partition coefficient (Wildman–Crippen LogP) is 0.351. The highest BCUT2D eigenvalue weighted by Gasteiger charge is 2.76. The van der Waals surface area contributed by atoms with Crippen molar-refractivity contribution in [1.29, 1.82) is 0 Å². The average molecular weight is 1160 g/mol. The van der Waals surface area contributed by atoms with E-state index in [2.05, 4.69) is 19.9 Å². The normalized spacial score (nSPS) is 48.6. The molecule has 23 heteroatoms. The molecule has 23 nitrogen and oxygen atoms in total. The van der Waals surface area contributed by atoms with Crippen LogP contribution < -0.4 is 0 Å². The van der Waals surface area contributed by atoms with Gasteiger partial charge in [-0.2, -0.15) is 0 Å². The Labute approximate surface area is 473 Å². The molecule has 7 fully saturated rings. The number of aliphatic hydroxyl groups excluding tert-OH is 11. The molecule has 0 aromatic heterocycles. The van der Waals surface area contributed by atoms with Gasteiger partial charge in [0.05, 0.1) is 50.7 Å². The third-order valence-corrected chi connectivity index (χ3v) is 21.5. The summed E-state index contributed by atoms with van der Waals surface area (Å²) >= 11 is 0. The number of hydrogen-bond acceptors (Lipinski definition) is 23. The molecule has 0 bridgehead atoms. The first-order valence-corrected chi connectivity index (χ1v) is 28.5. The lowest BCUT2D eigenvalue weighted by Crippen LogP contribution is -2.76. The molecule has 5 aliphatic carbocycles. The van der Waals surface area contributed by atoms with Gasteiger partial charge in [0.15, 0.2) is 31.1 Å². The van der Waals surface area contributed by atoms with Gasteiger partial charge in [-0.15, -0.1) is 0 Å². The molecule has 26 unspecified atom stereocenters. The average Bonchev–Trinajstić information content (AvgIpc) is 1.05. The maximum absolute atomic E-state index is 13.9. The summed E-state index contributed by atoms with van der Waals surface area (Å²) in [6, 6.07) is 0. The van der Waals surface area contributed by atoms with Gasteiger partial charge in [-0.25, -0.2) is 14.4 Å². The number of ether oxygens (including phenoxy) is 9. The number of hydrogen-bond donors (Lipinski definition) is 11. The van der Waals surface area contributed by atoms with Crippen molar-refractivity contribution < 1.29 is 113 Å². The summed E-state index contributed by atoms with van der Waals surface area (Å²) in [4.78, 5) is 41.0.